The predicted molar refractivity (Wildman–Crippen MR) is 19.5 cm³/mol. The van der Waals surface area contributed by atoms with E-state index in [9.17, 15) is 0 Å². The molecule has 0 bridgehead atoms. The van der Waals surface area contributed by atoms with Crippen molar-refractivity contribution in [3.05, 3.63) is 0 Å². The Hall–Kier alpha value is 1.22. The van der Waals surface area contributed by atoms with E-state index in [0.29, 0.717) is 0 Å². The van der Waals surface area contributed by atoms with E-state index in [4.69, 9.17) is 0 Å². The van der Waals surface area contributed by atoms with Gasteiger partial charge in [0.15, 0.2) is 0 Å². The molecule has 0 atom stereocenters. The van der Waals surface area contributed by atoms with Crippen molar-refractivity contribution < 1.29 is 22.4 Å². The molecule has 2 heteroatoms. The van der Waals surface area contributed by atoms with Crippen molar-refractivity contribution in [2.24, 2.45) is 0 Å². The van der Waals surface area contributed by atoms with Gasteiger partial charge in [0.2, 0.25) is 0 Å². The molecule has 0 heterocycles. The number of hydrogen-bond acceptors (Lipinski definition) is 0. The zero-order valence-corrected chi connectivity index (χ0v) is 5.45. The molecule has 4 heavy (non-hydrogen) atoms. The predicted octanol–water partition coefficient (Wildman–Crippen LogP) is 1.40. The summed E-state index contributed by atoms with van der Waals surface area (Å²) in [4.78, 5) is 0. The van der Waals surface area contributed by atoms with Crippen LogP contribution in [-0.4, -0.2) is 5.33 Å². The fraction of sp³-hybridized carbons (Fsp3) is 1.00. The van der Waals surface area contributed by atoms with Crippen molar-refractivity contribution in [3.8, 4) is 0 Å². The van der Waals surface area contributed by atoms with Crippen molar-refractivity contribution in [2.45, 2.75) is 6.92 Å². The van der Waals surface area contributed by atoms with Crippen LogP contribution in [0.3, 0.4) is 0 Å². The Morgan fingerprint density at radius 1 is 1.75 bits per heavy atom. The molecule has 0 saturated carbocycles. The summed E-state index contributed by atoms with van der Waals surface area (Å²) in [5.74, 6) is 0. The maximum Gasteiger partial charge on any atom is 1.00 e. The van der Waals surface area contributed by atoms with Gasteiger partial charge in [0.25, 0.3) is 0 Å². The summed E-state index contributed by atoms with van der Waals surface area (Å²) in [6.45, 7) is 2.04. The van der Waals surface area contributed by atoms with Crippen LogP contribution in [0, 0.1) is 0 Å². The summed E-state index contributed by atoms with van der Waals surface area (Å²) in [6, 6.07) is 0. The van der Waals surface area contributed by atoms with Gasteiger partial charge in [-0.2, -0.15) is 0 Å². The van der Waals surface area contributed by atoms with Gasteiger partial charge >= 0.3 is 22.4 Å². The average molecular weight is 217 g/mol. The zero-order valence-electron chi connectivity index (χ0n) is 2.39. The molecule has 0 rings (SSSR count). The van der Waals surface area contributed by atoms with Crippen LogP contribution in [0.4, 0.5) is 0 Å². The zero-order chi connectivity index (χ0) is 2.71. The first-order valence-corrected chi connectivity index (χ1v) is 2.10. The van der Waals surface area contributed by atoms with Crippen LogP contribution in [-0.2, 0) is 22.4 Å². The molecule has 0 aromatic carbocycles. The maximum atomic E-state index is 3.15. The summed E-state index contributed by atoms with van der Waals surface area (Å²) < 4.78 is 0. The summed E-state index contributed by atoms with van der Waals surface area (Å²) in [7, 11) is 0. The van der Waals surface area contributed by atoms with Gasteiger partial charge in [-0.3, -0.25) is 0 Å². The van der Waals surface area contributed by atoms with E-state index < -0.39 is 0 Å². The molecular formula is C2H5AgBr+. The molecule has 0 aliphatic heterocycles. The van der Waals surface area contributed by atoms with Crippen molar-refractivity contribution in [2.75, 3.05) is 5.33 Å². The monoisotopic (exact) mass is 215 g/mol. The molecule has 0 N–H and O–H groups in total. The smallest absolute Gasteiger partial charge is 0.0931 e. The van der Waals surface area contributed by atoms with E-state index in [0.717, 1.165) is 5.33 Å². The van der Waals surface area contributed by atoms with Crippen LogP contribution in [0.2, 0.25) is 0 Å². The summed E-state index contributed by atoms with van der Waals surface area (Å²) in [5.41, 5.74) is 0. The molecule has 0 aliphatic rings. The van der Waals surface area contributed by atoms with E-state index in [1.165, 1.54) is 0 Å². The first kappa shape index (κ1) is 8.97. The Labute approximate surface area is 50.6 Å². The fourth-order valence-corrected chi connectivity index (χ4v) is 0. The molecule has 30 valence electrons. The minimum absolute atomic E-state index is 0. The van der Waals surface area contributed by atoms with Gasteiger partial charge in [0, 0.05) is 5.33 Å². The molecule has 0 amide bonds. The van der Waals surface area contributed by atoms with Gasteiger partial charge in [0.05, 0.1) is 0 Å². The molecule has 0 nitrogen and oxygen atoms in total. The van der Waals surface area contributed by atoms with E-state index in [2.05, 4.69) is 15.9 Å². The van der Waals surface area contributed by atoms with Crippen LogP contribution < -0.4 is 0 Å². The number of alkyl halides is 1. The van der Waals surface area contributed by atoms with Gasteiger partial charge in [-0.15, -0.1) is 0 Å². The van der Waals surface area contributed by atoms with Gasteiger partial charge in [-0.05, 0) is 0 Å². The van der Waals surface area contributed by atoms with E-state index in [1.54, 1.807) is 0 Å². The third-order valence-electron chi connectivity index (χ3n) is 0. The topological polar surface area (TPSA) is 0 Å². The Balaban J connectivity index is 0. The second-order valence-corrected chi connectivity index (χ2v) is 1.39. The van der Waals surface area contributed by atoms with Gasteiger partial charge in [-0.1, -0.05) is 22.9 Å². The van der Waals surface area contributed by atoms with Crippen LogP contribution in [0.1, 0.15) is 6.92 Å². The Bertz CT molecular complexity index is 6.00. The first-order valence-electron chi connectivity index (χ1n) is 0.974. The Morgan fingerprint density at radius 3 is 1.75 bits per heavy atom. The van der Waals surface area contributed by atoms with Gasteiger partial charge in [-0.25, -0.2) is 0 Å². The van der Waals surface area contributed by atoms with Crippen molar-refractivity contribution in [1.82, 2.24) is 0 Å². The first-order chi connectivity index (χ1) is 1.41. The average Bonchev–Trinajstić information content (AvgIpc) is 0.918. The Kier molecular flexibility index (Phi) is 19.9. The molecule has 0 aromatic rings. The molecule has 0 aromatic heterocycles. The van der Waals surface area contributed by atoms with Gasteiger partial charge < -0.3 is 0 Å². The number of hydrogen-bond donors (Lipinski definition) is 0. The summed E-state index contributed by atoms with van der Waals surface area (Å²) in [5, 5.41) is 1.06. The maximum absolute atomic E-state index is 3.15. The van der Waals surface area contributed by atoms with E-state index in [-0.39, 0.29) is 22.4 Å². The molecule has 0 fully saturated rings. The molecule has 0 aliphatic carbocycles. The van der Waals surface area contributed by atoms with Crippen molar-refractivity contribution >= 4 is 15.9 Å². The molecule has 0 radical (unpaired) electrons. The van der Waals surface area contributed by atoms with Crippen molar-refractivity contribution in [1.29, 1.82) is 0 Å². The molecule has 0 saturated heterocycles. The van der Waals surface area contributed by atoms with Crippen LogP contribution in [0.25, 0.3) is 0 Å². The summed E-state index contributed by atoms with van der Waals surface area (Å²) in [6.07, 6.45) is 0. The van der Waals surface area contributed by atoms with Crippen LogP contribution >= 0.6 is 15.9 Å². The molecular weight excluding hydrogens is 212 g/mol. The second-order valence-electron chi connectivity index (χ2n) is 0.267. The largest absolute Gasteiger partial charge is 1.00 e. The number of halogens is 1. The van der Waals surface area contributed by atoms with Crippen LogP contribution in [0.5, 0.6) is 0 Å². The minimum Gasteiger partial charge on any atom is -0.0931 e. The van der Waals surface area contributed by atoms with E-state index >= 15 is 0 Å². The van der Waals surface area contributed by atoms with E-state index in [1.807, 2.05) is 6.92 Å². The van der Waals surface area contributed by atoms with Crippen LogP contribution in [0.15, 0.2) is 0 Å². The molecule has 0 unspecified atom stereocenters. The molecule has 0 spiro atoms. The SMILES string of the molecule is CCBr.[Ag+]. The van der Waals surface area contributed by atoms with Crippen molar-refractivity contribution in [3.63, 3.8) is 0 Å². The summed E-state index contributed by atoms with van der Waals surface area (Å²) >= 11 is 3.15. The minimum atomic E-state index is 0. The second kappa shape index (κ2) is 8.88. The normalized spacial score (nSPS) is 4.50. The van der Waals surface area contributed by atoms with Gasteiger partial charge in [0.1, 0.15) is 0 Å². The standard InChI is InChI=1S/C2H5Br.Ag/c1-2-3;/h2H2,1H3;/q;+1. The third-order valence-corrected chi connectivity index (χ3v) is 0. The quantitative estimate of drug-likeness (QED) is 0.424. The fourth-order valence-electron chi connectivity index (χ4n) is 0. The third kappa shape index (κ3) is 10.7. The Morgan fingerprint density at radius 2 is 1.75 bits per heavy atom. The number of rotatable bonds is 0.